The van der Waals surface area contributed by atoms with Crippen molar-refractivity contribution < 1.29 is 0 Å². The van der Waals surface area contributed by atoms with Crippen molar-refractivity contribution in [3.05, 3.63) is 18.0 Å². The van der Waals surface area contributed by atoms with Gasteiger partial charge in [-0.05, 0) is 24.3 Å². The predicted molar refractivity (Wildman–Crippen MR) is 39.9 cm³/mol. The lowest BCUT2D eigenvalue weighted by Crippen LogP contribution is -2.31. The number of fused-ring (bicyclic) bond motifs is 1. The Morgan fingerprint density at radius 1 is 1.67 bits per heavy atom. The summed E-state index contributed by atoms with van der Waals surface area (Å²) >= 11 is 1.87. The zero-order valence-corrected chi connectivity index (χ0v) is 5.95. The summed E-state index contributed by atoms with van der Waals surface area (Å²) in [5.74, 6) is 0.774. The molecule has 0 aromatic carbocycles. The van der Waals surface area contributed by atoms with Gasteiger partial charge in [-0.15, -0.1) is 11.8 Å². The highest BCUT2D eigenvalue weighted by Gasteiger charge is 2.26. The lowest BCUT2D eigenvalue weighted by Gasteiger charge is -2.23. The Morgan fingerprint density at radius 3 is 3.56 bits per heavy atom. The third kappa shape index (κ3) is 1.01. The average Bonchev–Trinajstić information content (AvgIpc) is 2.33. The maximum absolute atomic E-state index is 3.23. The lowest BCUT2D eigenvalue weighted by atomic mass is 9.98. The molecule has 2 rings (SSSR count). The van der Waals surface area contributed by atoms with Crippen LogP contribution in [0.3, 0.4) is 0 Å². The van der Waals surface area contributed by atoms with Crippen molar-refractivity contribution >= 4 is 11.8 Å². The van der Waals surface area contributed by atoms with Crippen LogP contribution in [0.4, 0.5) is 0 Å². The molecule has 2 aliphatic heterocycles. The van der Waals surface area contributed by atoms with Crippen LogP contribution < -0.4 is 5.32 Å². The fourth-order valence-electron chi connectivity index (χ4n) is 1.23. The summed E-state index contributed by atoms with van der Waals surface area (Å²) in [5, 5.41) is 5.95. The maximum Gasteiger partial charge on any atom is 0.0738 e. The standard InChI is InChI=1S/C7H9NS/c1-3-8-5-7-6(1)2-4-9-7/h2,4,6-8H,1,3H2. The summed E-state index contributed by atoms with van der Waals surface area (Å²) in [7, 11) is 0. The number of allylic oxidation sites excluding steroid dienone is 1. The Labute approximate surface area is 59.9 Å². The van der Waals surface area contributed by atoms with Crippen LogP contribution in [0.1, 0.15) is 6.42 Å². The van der Waals surface area contributed by atoms with Gasteiger partial charge < -0.3 is 5.32 Å². The Kier molecular flexibility index (Phi) is 1.52. The van der Waals surface area contributed by atoms with Gasteiger partial charge in [0.05, 0.1) is 6.54 Å². The lowest BCUT2D eigenvalue weighted by molar-refractivity contribution is 0.502. The minimum absolute atomic E-state index is 0.610. The molecule has 0 bridgehead atoms. The van der Waals surface area contributed by atoms with Crippen LogP contribution in [-0.2, 0) is 0 Å². The first-order valence-corrected chi connectivity index (χ1v) is 4.21. The van der Waals surface area contributed by atoms with E-state index >= 15 is 0 Å². The minimum atomic E-state index is 0.610. The van der Waals surface area contributed by atoms with Gasteiger partial charge in [-0.25, -0.2) is 0 Å². The van der Waals surface area contributed by atoms with Crippen molar-refractivity contribution in [2.45, 2.75) is 11.7 Å². The Balaban J connectivity index is 2.03. The molecule has 1 nitrogen and oxygen atoms in total. The van der Waals surface area contributed by atoms with Gasteiger partial charge in [0.15, 0.2) is 0 Å². The molecule has 9 heavy (non-hydrogen) atoms. The van der Waals surface area contributed by atoms with Gasteiger partial charge in [0.1, 0.15) is 0 Å². The normalized spacial score (nSPS) is 40.9. The molecule has 2 unspecified atom stereocenters. The summed E-state index contributed by atoms with van der Waals surface area (Å²) in [4.78, 5) is 0. The molecule has 2 atom stereocenters. The summed E-state index contributed by atoms with van der Waals surface area (Å²) in [6.45, 7) is 4.33. The Hall–Kier alpha value is 0.0500. The molecular weight excluding hydrogens is 130 g/mol. The molecule has 2 aliphatic rings. The van der Waals surface area contributed by atoms with E-state index in [0.29, 0.717) is 5.25 Å². The first kappa shape index (κ1) is 5.81. The number of piperidine rings is 1. The fraction of sp³-hybridized carbons (Fsp3) is 0.571. The van der Waals surface area contributed by atoms with Crippen molar-refractivity contribution in [3.63, 3.8) is 0 Å². The van der Waals surface area contributed by atoms with Gasteiger partial charge >= 0.3 is 0 Å². The molecule has 1 N–H and O–H groups in total. The van der Waals surface area contributed by atoms with E-state index in [0.717, 1.165) is 12.5 Å². The molecule has 0 aromatic rings. The summed E-state index contributed by atoms with van der Waals surface area (Å²) < 4.78 is 0. The molecule has 0 aliphatic carbocycles. The van der Waals surface area contributed by atoms with Crippen LogP contribution in [0.25, 0.3) is 0 Å². The van der Waals surface area contributed by atoms with Crippen LogP contribution in [0, 0.1) is 12.5 Å². The minimum Gasteiger partial charge on any atom is -0.307 e. The molecule has 2 radical (unpaired) electrons. The van der Waals surface area contributed by atoms with Gasteiger partial charge in [0, 0.05) is 5.25 Å². The summed E-state index contributed by atoms with van der Waals surface area (Å²) in [5.41, 5.74) is 0. The quantitative estimate of drug-likeness (QED) is 0.542. The van der Waals surface area contributed by atoms with Crippen LogP contribution in [0.2, 0.25) is 0 Å². The molecule has 48 valence electrons. The highest BCUT2D eigenvalue weighted by molar-refractivity contribution is 8.03. The predicted octanol–water partition coefficient (Wildman–Crippen LogP) is 1.26. The van der Waals surface area contributed by atoms with E-state index in [4.69, 9.17) is 0 Å². The maximum atomic E-state index is 3.23. The van der Waals surface area contributed by atoms with E-state index in [1.165, 1.54) is 6.42 Å². The molecule has 2 heteroatoms. The average molecular weight is 139 g/mol. The Morgan fingerprint density at radius 2 is 2.67 bits per heavy atom. The van der Waals surface area contributed by atoms with Crippen LogP contribution in [-0.4, -0.2) is 11.8 Å². The van der Waals surface area contributed by atoms with E-state index in [1.807, 2.05) is 11.8 Å². The first-order chi connectivity index (χ1) is 4.47. The molecule has 1 fully saturated rings. The molecule has 0 spiro atoms. The van der Waals surface area contributed by atoms with Crippen molar-refractivity contribution in [1.29, 1.82) is 0 Å². The number of rotatable bonds is 0. The van der Waals surface area contributed by atoms with E-state index in [-0.39, 0.29) is 0 Å². The fourth-order valence-corrected chi connectivity index (χ4v) is 2.27. The monoisotopic (exact) mass is 139 g/mol. The molecule has 0 saturated carbocycles. The number of hydrogen-bond donors (Lipinski definition) is 1. The molecule has 1 saturated heterocycles. The van der Waals surface area contributed by atoms with Gasteiger partial charge in [-0.1, -0.05) is 6.08 Å². The zero-order chi connectivity index (χ0) is 6.10. The SMILES string of the molecule is [C]1NCCC2C=CSC12. The molecular formula is C7H9NS. The van der Waals surface area contributed by atoms with Crippen molar-refractivity contribution in [2.24, 2.45) is 5.92 Å². The number of hydrogen-bond acceptors (Lipinski definition) is 2. The first-order valence-electron chi connectivity index (χ1n) is 3.27. The zero-order valence-electron chi connectivity index (χ0n) is 5.13. The number of nitrogens with one attached hydrogen (secondary N) is 1. The van der Waals surface area contributed by atoms with Crippen molar-refractivity contribution in [3.8, 4) is 0 Å². The van der Waals surface area contributed by atoms with Gasteiger partial charge in [-0.2, -0.15) is 0 Å². The smallest absolute Gasteiger partial charge is 0.0738 e. The van der Waals surface area contributed by atoms with E-state index in [1.54, 1.807) is 0 Å². The highest BCUT2D eigenvalue weighted by Crippen LogP contribution is 2.34. The van der Waals surface area contributed by atoms with E-state index < -0.39 is 0 Å². The topological polar surface area (TPSA) is 12.0 Å². The van der Waals surface area contributed by atoms with E-state index in [9.17, 15) is 0 Å². The third-order valence-corrected chi connectivity index (χ3v) is 2.86. The van der Waals surface area contributed by atoms with Gasteiger partial charge in [-0.3, -0.25) is 0 Å². The summed E-state index contributed by atoms with van der Waals surface area (Å²) in [6, 6.07) is 0. The van der Waals surface area contributed by atoms with Gasteiger partial charge in [0.2, 0.25) is 0 Å². The second-order valence-electron chi connectivity index (χ2n) is 2.41. The van der Waals surface area contributed by atoms with Crippen LogP contribution in [0.5, 0.6) is 0 Å². The largest absolute Gasteiger partial charge is 0.307 e. The Bertz CT molecular complexity index is 133. The van der Waals surface area contributed by atoms with Crippen LogP contribution in [0.15, 0.2) is 11.5 Å². The molecule has 0 amide bonds. The van der Waals surface area contributed by atoms with E-state index in [2.05, 4.69) is 23.3 Å². The summed E-state index contributed by atoms with van der Waals surface area (Å²) in [6.07, 6.45) is 3.57. The van der Waals surface area contributed by atoms with Gasteiger partial charge in [0.25, 0.3) is 0 Å². The second kappa shape index (κ2) is 2.35. The van der Waals surface area contributed by atoms with Crippen molar-refractivity contribution in [1.82, 2.24) is 5.32 Å². The molecule has 2 heterocycles. The second-order valence-corrected chi connectivity index (χ2v) is 3.46. The van der Waals surface area contributed by atoms with Crippen LogP contribution >= 0.6 is 11.8 Å². The third-order valence-electron chi connectivity index (χ3n) is 1.79. The highest BCUT2D eigenvalue weighted by atomic mass is 32.2. The number of thioether (sulfide) groups is 1. The van der Waals surface area contributed by atoms with Crippen molar-refractivity contribution in [2.75, 3.05) is 6.54 Å². The molecule has 0 aromatic heterocycles.